The van der Waals surface area contributed by atoms with Gasteiger partial charge in [0.15, 0.2) is 0 Å². The second-order valence-electron chi connectivity index (χ2n) is 8.17. The van der Waals surface area contributed by atoms with Gasteiger partial charge in [-0.3, -0.25) is 4.79 Å². The second-order valence-corrected chi connectivity index (χ2v) is 8.17. The quantitative estimate of drug-likeness (QED) is 0.695. The molecule has 0 spiro atoms. The smallest absolute Gasteiger partial charge is 0.310 e. The Morgan fingerprint density at radius 2 is 1.57 bits per heavy atom. The minimum atomic E-state index is -0.205. The molecule has 0 bridgehead atoms. The first-order valence-electron chi connectivity index (χ1n) is 7.76. The topological polar surface area (TPSA) is 26.3 Å². The highest BCUT2D eigenvalue weighted by atomic mass is 16.5. The van der Waals surface area contributed by atoms with Crippen LogP contribution in [0.5, 0.6) is 0 Å². The fourth-order valence-electron chi connectivity index (χ4n) is 2.40. The maximum Gasteiger partial charge on any atom is 0.310 e. The Kier molecular flexibility index (Phi) is 5.61. The van der Waals surface area contributed by atoms with E-state index < -0.39 is 0 Å². The molecule has 0 saturated carbocycles. The van der Waals surface area contributed by atoms with Gasteiger partial charge in [-0.15, -0.1) is 0 Å². The van der Waals surface area contributed by atoms with Gasteiger partial charge in [0.05, 0.1) is 5.92 Å². The summed E-state index contributed by atoms with van der Waals surface area (Å²) in [4.78, 5) is 12.6. The minimum absolute atomic E-state index is 0.0891. The van der Waals surface area contributed by atoms with Gasteiger partial charge in [-0.1, -0.05) is 71.9 Å². The molecule has 0 amide bonds. The van der Waals surface area contributed by atoms with Crippen molar-refractivity contribution in [2.75, 3.05) is 0 Å². The molecule has 0 N–H and O–H groups in total. The van der Waals surface area contributed by atoms with Crippen LogP contribution in [0.4, 0.5) is 0 Å². The van der Waals surface area contributed by atoms with Crippen LogP contribution in [0.1, 0.15) is 66.6 Å². The molecule has 1 aromatic carbocycles. The van der Waals surface area contributed by atoms with E-state index in [1.807, 2.05) is 37.3 Å². The maximum atomic E-state index is 12.6. The Morgan fingerprint density at radius 1 is 1.05 bits per heavy atom. The van der Waals surface area contributed by atoms with Gasteiger partial charge >= 0.3 is 5.97 Å². The highest BCUT2D eigenvalue weighted by Crippen LogP contribution is 2.37. The molecule has 2 atom stereocenters. The molecular formula is C19H30O2. The van der Waals surface area contributed by atoms with Crippen molar-refractivity contribution in [1.82, 2.24) is 0 Å². The molecule has 2 heteroatoms. The molecule has 0 heterocycles. The van der Waals surface area contributed by atoms with Crippen molar-refractivity contribution < 1.29 is 9.53 Å². The number of carbonyl (C=O) groups excluding carboxylic acids is 1. The summed E-state index contributed by atoms with van der Waals surface area (Å²) in [6.45, 7) is 14.8. The fourth-order valence-corrected chi connectivity index (χ4v) is 2.40. The van der Waals surface area contributed by atoms with E-state index in [1.165, 1.54) is 0 Å². The zero-order valence-corrected chi connectivity index (χ0v) is 14.6. The van der Waals surface area contributed by atoms with Gasteiger partial charge in [-0.25, -0.2) is 0 Å². The Morgan fingerprint density at radius 3 is 2.00 bits per heavy atom. The molecule has 0 aliphatic carbocycles. The molecule has 0 saturated heterocycles. The summed E-state index contributed by atoms with van der Waals surface area (Å²) in [5, 5.41) is 0. The summed E-state index contributed by atoms with van der Waals surface area (Å²) in [5.41, 5.74) is 1.04. The van der Waals surface area contributed by atoms with Crippen LogP contribution in [0.2, 0.25) is 0 Å². The first-order chi connectivity index (χ1) is 9.50. The molecular weight excluding hydrogens is 260 g/mol. The molecule has 0 radical (unpaired) electrons. The van der Waals surface area contributed by atoms with Crippen LogP contribution < -0.4 is 0 Å². The zero-order chi connectivity index (χ0) is 16.3. The molecule has 1 aromatic rings. The van der Waals surface area contributed by atoms with Gasteiger partial charge in [-0.05, 0) is 29.7 Å². The monoisotopic (exact) mass is 290 g/mol. The fraction of sp³-hybridized carbons (Fsp3) is 0.632. The van der Waals surface area contributed by atoms with Crippen molar-refractivity contribution in [2.24, 2.45) is 16.7 Å². The second kappa shape index (κ2) is 6.64. The number of carbonyl (C=O) groups is 1. The van der Waals surface area contributed by atoms with Gasteiger partial charge in [0, 0.05) is 0 Å². The highest BCUT2D eigenvalue weighted by molar-refractivity contribution is 5.73. The SMILES string of the molecule is CC(OC(=O)C(CC(C)(C)C)C(C)(C)C)c1ccccc1. The van der Waals surface area contributed by atoms with Crippen LogP contribution in [0.3, 0.4) is 0 Å². The number of benzene rings is 1. The van der Waals surface area contributed by atoms with Gasteiger partial charge in [-0.2, -0.15) is 0 Å². The lowest BCUT2D eigenvalue weighted by atomic mass is 9.72. The molecule has 21 heavy (non-hydrogen) atoms. The Labute approximate surface area is 129 Å². The van der Waals surface area contributed by atoms with Gasteiger partial charge in [0.2, 0.25) is 0 Å². The summed E-state index contributed by atoms with van der Waals surface area (Å²) in [7, 11) is 0. The first-order valence-corrected chi connectivity index (χ1v) is 7.76. The molecule has 0 aliphatic rings. The number of hydrogen-bond acceptors (Lipinski definition) is 2. The van der Waals surface area contributed by atoms with Crippen LogP contribution in [-0.2, 0) is 9.53 Å². The Balaban J connectivity index is 2.82. The van der Waals surface area contributed by atoms with Crippen molar-refractivity contribution >= 4 is 5.97 Å². The van der Waals surface area contributed by atoms with Crippen molar-refractivity contribution in [3.05, 3.63) is 35.9 Å². The number of hydrogen-bond donors (Lipinski definition) is 0. The Bertz CT molecular complexity index is 449. The van der Waals surface area contributed by atoms with Crippen LogP contribution in [0.25, 0.3) is 0 Å². The number of esters is 1. The van der Waals surface area contributed by atoms with Crippen molar-refractivity contribution in [2.45, 2.75) is 61.0 Å². The van der Waals surface area contributed by atoms with E-state index in [9.17, 15) is 4.79 Å². The number of rotatable bonds is 4. The summed E-state index contributed by atoms with van der Waals surface area (Å²) >= 11 is 0. The largest absolute Gasteiger partial charge is 0.458 e. The minimum Gasteiger partial charge on any atom is -0.458 e. The standard InChI is InChI=1S/C19H30O2/c1-14(15-11-9-8-10-12-15)21-17(20)16(19(5,6)7)13-18(2,3)4/h8-12,14,16H,13H2,1-7H3. The van der Waals surface area contributed by atoms with Crippen LogP contribution in [0, 0.1) is 16.7 Å². The van der Waals surface area contributed by atoms with Crippen LogP contribution in [0.15, 0.2) is 30.3 Å². The summed E-state index contributed by atoms with van der Waals surface area (Å²) in [6.07, 6.45) is 0.625. The zero-order valence-electron chi connectivity index (χ0n) is 14.6. The summed E-state index contributed by atoms with van der Waals surface area (Å²) < 4.78 is 5.73. The van der Waals surface area contributed by atoms with E-state index in [4.69, 9.17) is 4.74 Å². The average molecular weight is 290 g/mol. The molecule has 0 fully saturated rings. The van der Waals surface area contributed by atoms with E-state index in [0.29, 0.717) is 0 Å². The van der Waals surface area contributed by atoms with E-state index >= 15 is 0 Å². The van der Waals surface area contributed by atoms with Crippen LogP contribution in [-0.4, -0.2) is 5.97 Å². The van der Waals surface area contributed by atoms with Crippen molar-refractivity contribution in [3.8, 4) is 0 Å². The molecule has 0 aromatic heterocycles. The lowest BCUT2D eigenvalue weighted by molar-refractivity contribution is -0.159. The molecule has 1 rings (SSSR count). The van der Waals surface area contributed by atoms with Gasteiger partial charge in [0.25, 0.3) is 0 Å². The predicted octanol–water partition coefficient (Wildman–Crippen LogP) is 5.39. The van der Waals surface area contributed by atoms with E-state index in [-0.39, 0.29) is 28.8 Å². The summed E-state index contributed by atoms with van der Waals surface area (Å²) in [5.74, 6) is -0.183. The lowest BCUT2D eigenvalue weighted by Crippen LogP contribution is -2.34. The van der Waals surface area contributed by atoms with E-state index in [2.05, 4.69) is 41.5 Å². The summed E-state index contributed by atoms with van der Waals surface area (Å²) in [6, 6.07) is 9.89. The van der Waals surface area contributed by atoms with Gasteiger partial charge in [0.1, 0.15) is 6.10 Å². The van der Waals surface area contributed by atoms with Gasteiger partial charge < -0.3 is 4.74 Å². The maximum absolute atomic E-state index is 12.6. The van der Waals surface area contributed by atoms with Crippen molar-refractivity contribution in [1.29, 1.82) is 0 Å². The van der Waals surface area contributed by atoms with E-state index in [1.54, 1.807) is 0 Å². The van der Waals surface area contributed by atoms with E-state index in [0.717, 1.165) is 12.0 Å². The number of ether oxygens (including phenoxy) is 1. The van der Waals surface area contributed by atoms with Crippen molar-refractivity contribution in [3.63, 3.8) is 0 Å². The third-order valence-corrected chi connectivity index (χ3v) is 3.71. The lowest BCUT2D eigenvalue weighted by Gasteiger charge is -2.34. The third-order valence-electron chi connectivity index (χ3n) is 3.71. The average Bonchev–Trinajstić information content (AvgIpc) is 2.34. The third kappa shape index (κ3) is 5.91. The molecule has 0 aliphatic heterocycles. The predicted molar refractivity (Wildman–Crippen MR) is 88.0 cm³/mol. The first kappa shape index (κ1) is 17.7. The molecule has 118 valence electrons. The molecule has 2 unspecified atom stereocenters. The van der Waals surface area contributed by atoms with Crippen LogP contribution >= 0.6 is 0 Å². The Hall–Kier alpha value is -1.31. The highest BCUT2D eigenvalue weighted by Gasteiger charge is 2.36. The normalized spacial score (nSPS) is 15.4. The molecule has 2 nitrogen and oxygen atoms in total.